The Morgan fingerprint density at radius 1 is 0.947 bits per heavy atom. The van der Waals surface area contributed by atoms with Crippen LogP contribution in [0.1, 0.15) is 17.3 Å². The van der Waals surface area contributed by atoms with Crippen LogP contribution < -0.4 is 0 Å². The molecule has 0 heterocycles. The highest BCUT2D eigenvalue weighted by Crippen LogP contribution is 2.43. The molecular formula is C14H8Cl4O. The number of Topliss-reactive ketones (excluding diaryl/α,β-unsaturated/α-hetero) is 1. The van der Waals surface area contributed by atoms with Gasteiger partial charge in [-0.3, -0.25) is 4.79 Å². The Labute approximate surface area is 131 Å². The van der Waals surface area contributed by atoms with Gasteiger partial charge < -0.3 is 0 Å². The van der Waals surface area contributed by atoms with Gasteiger partial charge in [-0.2, -0.15) is 0 Å². The van der Waals surface area contributed by atoms with E-state index in [1.54, 1.807) is 18.2 Å². The maximum atomic E-state index is 11.4. The molecule has 0 spiro atoms. The summed E-state index contributed by atoms with van der Waals surface area (Å²) in [6.45, 7) is 1.50. The molecular weight excluding hydrogens is 326 g/mol. The number of benzene rings is 2. The van der Waals surface area contributed by atoms with Crippen LogP contribution in [0.3, 0.4) is 0 Å². The predicted octanol–water partition coefficient (Wildman–Crippen LogP) is 6.17. The van der Waals surface area contributed by atoms with Crippen LogP contribution in [0.5, 0.6) is 0 Å². The first-order valence-corrected chi connectivity index (χ1v) is 6.87. The lowest BCUT2D eigenvalue weighted by Gasteiger charge is -2.11. The van der Waals surface area contributed by atoms with E-state index in [4.69, 9.17) is 46.4 Å². The van der Waals surface area contributed by atoms with Crippen molar-refractivity contribution >= 4 is 52.2 Å². The smallest absolute Gasteiger partial charge is 0.159 e. The maximum absolute atomic E-state index is 11.4. The molecule has 0 radical (unpaired) electrons. The van der Waals surface area contributed by atoms with E-state index >= 15 is 0 Å². The van der Waals surface area contributed by atoms with Gasteiger partial charge >= 0.3 is 0 Å². The Bertz CT molecular complexity index is 665. The second-order valence-corrected chi connectivity index (χ2v) is 5.55. The lowest BCUT2D eigenvalue weighted by Crippen LogP contribution is -1.92. The Morgan fingerprint density at radius 3 is 2.26 bits per heavy atom. The summed E-state index contributed by atoms with van der Waals surface area (Å²) in [5.41, 5.74) is 1.87. The highest BCUT2D eigenvalue weighted by atomic mass is 35.5. The number of ketones is 1. The standard InChI is InChI=1S/C14H8Cl4O/c1-7(19)8-3-2-4-9(5-8)12-10(15)6-11(16)13(17)14(12)18/h2-6H,1H3. The molecule has 0 unspecified atom stereocenters. The summed E-state index contributed by atoms with van der Waals surface area (Å²) in [4.78, 5) is 11.4. The minimum Gasteiger partial charge on any atom is -0.295 e. The largest absolute Gasteiger partial charge is 0.295 e. The van der Waals surface area contributed by atoms with E-state index in [-0.39, 0.29) is 15.8 Å². The van der Waals surface area contributed by atoms with E-state index in [1.165, 1.54) is 13.0 Å². The number of rotatable bonds is 2. The van der Waals surface area contributed by atoms with Crippen LogP contribution in [-0.4, -0.2) is 5.78 Å². The van der Waals surface area contributed by atoms with Gasteiger partial charge in [-0.15, -0.1) is 0 Å². The van der Waals surface area contributed by atoms with E-state index in [0.717, 1.165) is 5.56 Å². The molecule has 0 N–H and O–H groups in total. The molecule has 19 heavy (non-hydrogen) atoms. The number of carbonyl (C=O) groups is 1. The number of carbonyl (C=O) groups excluding carboxylic acids is 1. The summed E-state index contributed by atoms with van der Waals surface area (Å²) < 4.78 is 0. The summed E-state index contributed by atoms with van der Waals surface area (Å²) >= 11 is 24.3. The third kappa shape index (κ3) is 2.90. The molecule has 0 saturated carbocycles. The molecule has 0 atom stereocenters. The number of hydrogen-bond donors (Lipinski definition) is 0. The van der Waals surface area contributed by atoms with Gasteiger partial charge in [0.25, 0.3) is 0 Å². The summed E-state index contributed by atoms with van der Waals surface area (Å²) in [5, 5.41) is 1.21. The average molecular weight is 334 g/mol. The Hall–Kier alpha value is -0.730. The summed E-state index contributed by atoms with van der Waals surface area (Å²) in [5.74, 6) is -0.0332. The van der Waals surface area contributed by atoms with Gasteiger partial charge in [0.2, 0.25) is 0 Å². The normalized spacial score (nSPS) is 10.6. The first-order valence-electron chi connectivity index (χ1n) is 5.36. The number of hydrogen-bond acceptors (Lipinski definition) is 1. The highest BCUT2D eigenvalue weighted by Gasteiger charge is 2.16. The summed E-state index contributed by atoms with van der Waals surface area (Å²) in [6, 6.07) is 8.56. The molecule has 98 valence electrons. The van der Waals surface area contributed by atoms with Crippen molar-refractivity contribution in [1.29, 1.82) is 0 Å². The molecule has 0 aliphatic rings. The van der Waals surface area contributed by atoms with Crippen LogP contribution >= 0.6 is 46.4 Å². The summed E-state index contributed by atoms with van der Waals surface area (Å²) in [6.07, 6.45) is 0. The van der Waals surface area contributed by atoms with Crippen LogP contribution in [0, 0.1) is 0 Å². The molecule has 2 rings (SSSR count). The van der Waals surface area contributed by atoms with Gasteiger partial charge in [0.15, 0.2) is 5.78 Å². The minimum atomic E-state index is -0.0332. The number of halogens is 4. The molecule has 0 aliphatic carbocycles. The minimum absolute atomic E-state index is 0.0332. The van der Waals surface area contributed by atoms with Crippen molar-refractivity contribution in [2.75, 3.05) is 0 Å². The molecule has 0 aliphatic heterocycles. The predicted molar refractivity (Wildman–Crippen MR) is 81.9 cm³/mol. The summed E-state index contributed by atoms with van der Waals surface area (Å²) in [7, 11) is 0. The van der Waals surface area contributed by atoms with Gasteiger partial charge in [0.1, 0.15) is 0 Å². The zero-order chi connectivity index (χ0) is 14.2. The van der Waals surface area contributed by atoms with Crippen LogP contribution in [0.4, 0.5) is 0 Å². The Balaban J connectivity index is 2.69. The SMILES string of the molecule is CC(=O)c1cccc(-c2c(Cl)cc(Cl)c(Cl)c2Cl)c1. The molecule has 5 heteroatoms. The lowest BCUT2D eigenvalue weighted by atomic mass is 10.0. The molecule has 0 bridgehead atoms. The topological polar surface area (TPSA) is 17.1 Å². The monoisotopic (exact) mass is 332 g/mol. The molecule has 2 aromatic carbocycles. The molecule has 1 nitrogen and oxygen atoms in total. The van der Waals surface area contributed by atoms with Crippen LogP contribution in [0.15, 0.2) is 30.3 Å². The van der Waals surface area contributed by atoms with E-state index in [2.05, 4.69) is 0 Å². The third-order valence-electron chi connectivity index (χ3n) is 2.67. The fourth-order valence-electron chi connectivity index (χ4n) is 1.72. The van der Waals surface area contributed by atoms with Crippen molar-refractivity contribution in [2.45, 2.75) is 6.92 Å². The van der Waals surface area contributed by atoms with Crippen molar-refractivity contribution in [3.63, 3.8) is 0 Å². The zero-order valence-electron chi connectivity index (χ0n) is 9.81. The Morgan fingerprint density at radius 2 is 1.63 bits per heavy atom. The van der Waals surface area contributed by atoms with E-state index in [9.17, 15) is 4.79 Å². The van der Waals surface area contributed by atoms with Crippen LogP contribution in [0.2, 0.25) is 20.1 Å². The van der Waals surface area contributed by atoms with Crippen molar-refractivity contribution in [2.24, 2.45) is 0 Å². The second kappa shape index (κ2) is 5.72. The molecule has 0 aromatic heterocycles. The average Bonchev–Trinajstić information content (AvgIpc) is 2.36. The van der Waals surface area contributed by atoms with E-state index < -0.39 is 0 Å². The van der Waals surface area contributed by atoms with E-state index in [1.807, 2.05) is 6.07 Å². The molecule has 0 fully saturated rings. The zero-order valence-corrected chi connectivity index (χ0v) is 12.8. The molecule has 0 amide bonds. The van der Waals surface area contributed by atoms with E-state index in [0.29, 0.717) is 21.2 Å². The van der Waals surface area contributed by atoms with Gasteiger partial charge in [0.05, 0.1) is 20.1 Å². The van der Waals surface area contributed by atoms with Crippen molar-refractivity contribution < 1.29 is 4.79 Å². The molecule has 2 aromatic rings. The highest BCUT2D eigenvalue weighted by molar-refractivity contribution is 6.51. The van der Waals surface area contributed by atoms with Crippen LogP contribution in [-0.2, 0) is 0 Å². The fourth-order valence-corrected chi connectivity index (χ4v) is 2.86. The maximum Gasteiger partial charge on any atom is 0.159 e. The van der Waals surface area contributed by atoms with Gasteiger partial charge in [-0.25, -0.2) is 0 Å². The third-order valence-corrected chi connectivity index (χ3v) is 4.23. The van der Waals surface area contributed by atoms with Gasteiger partial charge in [-0.05, 0) is 24.6 Å². The molecule has 0 saturated heterocycles. The fraction of sp³-hybridized carbons (Fsp3) is 0.0714. The lowest BCUT2D eigenvalue weighted by molar-refractivity contribution is 0.101. The van der Waals surface area contributed by atoms with Gasteiger partial charge in [-0.1, -0.05) is 64.6 Å². The van der Waals surface area contributed by atoms with Crippen molar-refractivity contribution in [3.8, 4) is 11.1 Å². The quantitative estimate of drug-likeness (QED) is 0.365. The second-order valence-electron chi connectivity index (χ2n) is 3.98. The Kier molecular flexibility index (Phi) is 4.42. The first kappa shape index (κ1) is 14.7. The van der Waals surface area contributed by atoms with Crippen LogP contribution in [0.25, 0.3) is 11.1 Å². The van der Waals surface area contributed by atoms with Gasteiger partial charge in [0, 0.05) is 11.1 Å². The van der Waals surface area contributed by atoms with Crippen molar-refractivity contribution in [3.05, 3.63) is 56.0 Å². The van der Waals surface area contributed by atoms with Crippen molar-refractivity contribution in [1.82, 2.24) is 0 Å². The first-order chi connectivity index (χ1) is 8.91.